The van der Waals surface area contributed by atoms with Crippen molar-refractivity contribution in [2.75, 3.05) is 30.9 Å². The van der Waals surface area contributed by atoms with Crippen molar-refractivity contribution in [3.05, 3.63) is 29.8 Å². The second-order valence-corrected chi connectivity index (χ2v) is 4.42. The Morgan fingerprint density at radius 2 is 2.25 bits per heavy atom. The minimum absolute atomic E-state index is 0.0484. The van der Waals surface area contributed by atoms with E-state index in [2.05, 4.69) is 16.9 Å². The number of rotatable bonds is 6. The molecular weight excluding hydrogens is 220 g/mol. The zero-order valence-corrected chi connectivity index (χ0v) is 10.6. The molecular formula is C12H18N2OS. The van der Waals surface area contributed by atoms with E-state index in [1.54, 1.807) is 7.05 Å². The fourth-order valence-corrected chi connectivity index (χ4v) is 1.80. The SMILES string of the molecule is CNC(=O)c1cccc(NCCCSC)c1. The molecule has 0 saturated carbocycles. The molecule has 88 valence electrons. The van der Waals surface area contributed by atoms with Crippen LogP contribution in [-0.4, -0.2) is 31.5 Å². The van der Waals surface area contributed by atoms with E-state index in [0.29, 0.717) is 5.56 Å². The molecule has 1 rings (SSSR count). The highest BCUT2D eigenvalue weighted by Gasteiger charge is 2.02. The first-order chi connectivity index (χ1) is 7.77. The highest BCUT2D eigenvalue weighted by Crippen LogP contribution is 2.10. The average Bonchev–Trinajstić information content (AvgIpc) is 2.34. The summed E-state index contributed by atoms with van der Waals surface area (Å²) in [6.45, 7) is 0.942. The lowest BCUT2D eigenvalue weighted by molar-refractivity contribution is 0.0963. The standard InChI is InChI=1S/C12H18N2OS/c1-13-12(15)10-5-3-6-11(9-10)14-7-4-8-16-2/h3,5-6,9,14H,4,7-8H2,1-2H3,(H,13,15). The molecule has 0 aliphatic heterocycles. The minimum atomic E-state index is -0.0484. The van der Waals surface area contributed by atoms with Gasteiger partial charge in [-0.05, 0) is 36.6 Å². The Labute approximate surface area is 101 Å². The molecule has 1 amide bonds. The van der Waals surface area contributed by atoms with Crippen molar-refractivity contribution in [2.45, 2.75) is 6.42 Å². The monoisotopic (exact) mass is 238 g/mol. The molecule has 16 heavy (non-hydrogen) atoms. The van der Waals surface area contributed by atoms with E-state index in [1.165, 1.54) is 0 Å². The van der Waals surface area contributed by atoms with Gasteiger partial charge in [-0.25, -0.2) is 0 Å². The highest BCUT2D eigenvalue weighted by molar-refractivity contribution is 7.98. The molecule has 0 atom stereocenters. The molecule has 0 bridgehead atoms. The number of nitrogens with one attached hydrogen (secondary N) is 2. The van der Waals surface area contributed by atoms with Crippen LogP contribution in [0.15, 0.2) is 24.3 Å². The summed E-state index contributed by atoms with van der Waals surface area (Å²) in [6, 6.07) is 7.55. The Hall–Kier alpha value is -1.16. The lowest BCUT2D eigenvalue weighted by Gasteiger charge is -2.07. The van der Waals surface area contributed by atoms with Crippen molar-refractivity contribution in [1.82, 2.24) is 5.32 Å². The van der Waals surface area contributed by atoms with E-state index in [-0.39, 0.29) is 5.91 Å². The summed E-state index contributed by atoms with van der Waals surface area (Å²) in [4.78, 5) is 11.4. The second-order valence-electron chi connectivity index (χ2n) is 3.43. The first-order valence-electron chi connectivity index (χ1n) is 5.33. The number of hydrogen-bond donors (Lipinski definition) is 2. The van der Waals surface area contributed by atoms with Crippen molar-refractivity contribution < 1.29 is 4.79 Å². The average molecular weight is 238 g/mol. The predicted molar refractivity (Wildman–Crippen MR) is 71.3 cm³/mol. The molecule has 0 spiro atoms. The van der Waals surface area contributed by atoms with Gasteiger partial charge in [0.1, 0.15) is 0 Å². The van der Waals surface area contributed by atoms with Gasteiger partial charge in [0.15, 0.2) is 0 Å². The van der Waals surface area contributed by atoms with Crippen molar-refractivity contribution in [3.8, 4) is 0 Å². The molecule has 0 aliphatic carbocycles. The van der Waals surface area contributed by atoms with E-state index in [0.717, 1.165) is 24.4 Å². The lowest BCUT2D eigenvalue weighted by atomic mass is 10.2. The van der Waals surface area contributed by atoms with Crippen LogP contribution in [0.5, 0.6) is 0 Å². The summed E-state index contributed by atoms with van der Waals surface area (Å²) in [5.74, 6) is 1.11. The molecule has 0 fully saturated rings. The van der Waals surface area contributed by atoms with Gasteiger partial charge in [0.2, 0.25) is 0 Å². The van der Waals surface area contributed by atoms with Crippen LogP contribution in [0, 0.1) is 0 Å². The van der Waals surface area contributed by atoms with Crippen LogP contribution in [0.4, 0.5) is 5.69 Å². The van der Waals surface area contributed by atoms with Gasteiger partial charge in [0.25, 0.3) is 5.91 Å². The van der Waals surface area contributed by atoms with Crippen molar-refractivity contribution in [3.63, 3.8) is 0 Å². The molecule has 0 radical (unpaired) electrons. The van der Waals surface area contributed by atoms with Gasteiger partial charge in [-0.3, -0.25) is 4.79 Å². The van der Waals surface area contributed by atoms with Crippen LogP contribution in [0.1, 0.15) is 16.8 Å². The Morgan fingerprint density at radius 3 is 2.94 bits per heavy atom. The van der Waals surface area contributed by atoms with E-state index >= 15 is 0 Å². The lowest BCUT2D eigenvalue weighted by Crippen LogP contribution is -2.17. The Kier molecular flexibility index (Phi) is 5.78. The number of amides is 1. The van der Waals surface area contributed by atoms with Gasteiger partial charge in [0.05, 0.1) is 0 Å². The smallest absolute Gasteiger partial charge is 0.251 e. The summed E-state index contributed by atoms with van der Waals surface area (Å²) in [5, 5.41) is 5.92. The quantitative estimate of drug-likeness (QED) is 0.747. The number of carbonyl (C=O) groups is 1. The van der Waals surface area contributed by atoms with Crippen LogP contribution in [0.2, 0.25) is 0 Å². The fraction of sp³-hybridized carbons (Fsp3) is 0.417. The maximum atomic E-state index is 11.4. The van der Waals surface area contributed by atoms with Gasteiger partial charge < -0.3 is 10.6 Å². The van der Waals surface area contributed by atoms with E-state index < -0.39 is 0 Å². The number of thioether (sulfide) groups is 1. The molecule has 4 heteroatoms. The Bertz CT molecular complexity index is 342. The summed E-state index contributed by atoms with van der Waals surface area (Å²) in [5.41, 5.74) is 1.69. The normalized spacial score (nSPS) is 9.88. The van der Waals surface area contributed by atoms with E-state index in [1.807, 2.05) is 36.0 Å². The van der Waals surface area contributed by atoms with Gasteiger partial charge in [-0.15, -0.1) is 0 Å². The van der Waals surface area contributed by atoms with Gasteiger partial charge in [-0.1, -0.05) is 6.07 Å². The molecule has 0 unspecified atom stereocenters. The largest absolute Gasteiger partial charge is 0.385 e. The summed E-state index contributed by atoms with van der Waals surface area (Å²) < 4.78 is 0. The van der Waals surface area contributed by atoms with Crippen LogP contribution in [0.25, 0.3) is 0 Å². The van der Waals surface area contributed by atoms with Gasteiger partial charge >= 0.3 is 0 Å². The Balaban J connectivity index is 2.50. The van der Waals surface area contributed by atoms with Gasteiger partial charge in [-0.2, -0.15) is 11.8 Å². The molecule has 0 heterocycles. The summed E-state index contributed by atoms with van der Waals surface area (Å²) >= 11 is 1.84. The topological polar surface area (TPSA) is 41.1 Å². The first kappa shape index (κ1) is 12.9. The zero-order valence-electron chi connectivity index (χ0n) is 9.75. The van der Waals surface area contributed by atoms with E-state index in [9.17, 15) is 4.79 Å². The number of hydrogen-bond acceptors (Lipinski definition) is 3. The molecule has 1 aromatic rings. The Morgan fingerprint density at radius 1 is 1.44 bits per heavy atom. The van der Waals surface area contributed by atoms with Crippen LogP contribution in [0.3, 0.4) is 0 Å². The minimum Gasteiger partial charge on any atom is -0.385 e. The molecule has 0 saturated heterocycles. The third-order valence-corrected chi connectivity index (χ3v) is 2.90. The van der Waals surface area contributed by atoms with Crippen molar-refractivity contribution >= 4 is 23.4 Å². The van der Waals surface area contributed by atoms with E-state index in [4.69, 9.17) is 0 Å². The molecule has 2 N–H and O–H groups in total. The predicted octanol–water partition coefficient (Wildman–Crippen LogP) is 2.21. The number of benzene rings is 1. The maximum Gasteiger partial charge on any atom is 0.251 e. The maximum absolute atomic E-state index is 11.4. The summed E-state index contributed by atoms with van der Waals surface area (Å²) in [6.07, 6.45) is 3.23. The summed E-state index contributed by atoms with van der Waals surface area (Å²) in [7, 11) is 1.64. The third-order valence-electron chi connectivity index (χ3n) is 2.21. The molecule has 3 nitrogen and oxygen atoms in total. The first-order valence-corrected chi connectivity index (χ1v) is 6.72. The zero-order chi connectivity index (χ0) is 11.8. The number of anilines is 1. The highest BCUT2D eigenvalue weighted by atomic mass is 32.2. The van der Waals surface area contributed by atoms with Crippen LogP contribution in [-0.2, 0) is 0 Å². The number of carbonyl (C=O) groups excluding carboxylic acids is 1. The molecule has 1 aromatic carbocycles. The van der Waals surface area contributed by atoms with Crippen molar-refractivity contribution in [1.29, 1.82) is 0 Å². The van der Waals surface area contributed by atoms with Gasteiger partial charge in [0, 0.05) is 24.8 Å². The second kappa shape index (κ2) is 7.17. The third kappa shape index (κ3) is 4.14. The molecule has 0 aromatic heterocycles. The molecule has 0 aliphatic rings. The van der Waals surface area contributed by atoms with Crippen LogP contribution < -0.4 is 10.6 Å². The van der Waals surface area contributed by atoms with Crippen LogP contribution >= 0.6 is 11.8 Å². The van der Waals surface area contributed by atoms with Crippen molar-refractivity contribution in [2.24, 2.45) is 0 Å². The fourth-order valence-electron chi connectivity index (χ4n) is 1.36.